The van der Waals surface area contributed by atoms with Gasteiger partial charge in [0.15, 0.2) is 5.82 Å². The first-order chi connectivity index (χ1) is 9.13. The topological polar surface area (TPSA) is 67.5 Å². The van der Waals surface area contributed by atoms with Crippen molar-refractivity contribution in [2.45, 2.75) is 26.8 Å². The third-order valence-electron chi connectivity index (χ3n) is 3.45. The molecule has 0 unspecified atom stereocenters. The van der Waals surface area contributed by atoms with Gasteiger partial charge < -0.3 is 15.4 Å². The number of ether oxygens (including phenoxy) is 1. The number of hydrogen-bond donors (Lipinski definition) is 1. The van der Waals surface area contributed by atoms with Gasteiger partial charge in [-0.25, -0.2) is 4.98 Å². The lowest BCUT2D eigenvalue weighted by Crippen LogP contribution is -2.49. The van der Waals surface area contributed by atoms with E-state index in [9.17, 15) is 0 Å². The summed E-state index contributed by atoms with van der Waals surface area (Å²) < 4.78 is 5.41. The molecule has 2 rings (SSSR count). The van der Waals surface area contributed by atoms with Gasteiger partial charge >= 0.3 is 0 Å². The second kappa shape index (κ2) is 6.06. The normalized spacial score (nSPS) is 16.9. The summed E-state index contributed by atoms with van der Waals surface area (Å²) in [5.41, 5.74) is 6.63. The van der Waals surface area contributed by atoms with Crippen LogP contribution in [0, 0.1) is 0 Å². The summed E-state index contributed by atoms with van der Waals surface area (Å²) in [5.74, 6) is 1.28. The Kier molecular flexibility index (Phi) is 4.42. The van der Waals surface area contributed by atoms with Gasteiger partial charge in [0.1, 0.15) is 12.0 Å². The molecular formula is C13H23N5O. The number of anilines is 2. The third kappa shape index (κ3) is 3.07. The zero-order chi connectivity index (χ0) is 13.8. The van der Waals surface area contributed by atoms with Crippen molar-refractivity contribution in [1.82, 2.24) is 14.9 Å². The predicted molar refractivity (Wildman–Crippen MR) is 76.5 cm³/mol. The van der Waals surface area contributed by atoms with Crippen LogP contribution in [0.5, 0.6) is 5.88 Å². The first-order valence-electron chi connectivity index (χ1n) is 6.85. The minimum Gasteiger partial charge on any atom is -0.476 e. The molecule has 6 heteroatoms. The van der Waals surface area contributed by atoms with Gasteiger partial charge in [0, 0.05) is 32.2 Å². The molecule has 2 heterocycles. The molecule has 1 fully saturated rings. The highest BCUT2D eigenvalue weighted by Crippen LogP contribution is 2.28. The number of aromatic nitrogens is 2. The summed E-state index contributed by atoms with van der Waals surface area (Å²) in [4.78, 5) is 13.0. The monoisotopic (exact) mass is 265 g/mol. The number of hydrogen-bond acceptors (Lipinski definition) is 6. The van der Waals surface area contributed by atoms with E-state index in [1.54, 1.807) is 0 Å². The van der Waals surface area contributed by atoms with E-state index in [0.717, 1.165) is 32.0 Å². The fourth-order valence-electron chi connectivity index (χ4n) is 2.32. The summed E-state index contributed by atoms with van der Waals surface area (Å²) >= 11 is 0. The Labute approximate surface area is 114 Å². The highest BCUT2D eigenvalue weighted by Gasteiger charge is 2.22. The van der Waals surface area contributed by atoms with Crippen LogP contribution >= 0.6 is 0 Å². The van der Waals surface area contributed by atoms with Gasteiger partial charge in [-0.05, 0) is 20.8 Å². The Morgan fingerprint density at radius 2 is 1.95 bits per heavy atom. The quantitative estimate of drug-likeness (QED) is 0.875. The van der Waals surface area contributed by atoms with Gasteiger partial charge in [0.2, 0.25) is 5.88 Å². The Bertz CT molecular complexity index is 415. The lowest BCUT2D eigenvalue weighted by molar-refractivity contribution is 0.209. The van der Waals surface area contributed by atoms with E-state index in [0.29, 0.717) is 24.2 Å². The maximum atomic E-state index is 6.09. The summed E-state index contributed by atoms with van der Waals surface area (Å²) in [5, 5.41) is 0. The van der Waals surface area contributed by atoms with E-state index in [2.05, 4.69) is 33.6 Å². The zero-order valence-corrected chi connectivity index (χ0v) is 12.0. The molecule has 2 N–H and O–H groups in total. The Balaban J connectivity index is 2.09. The van der Waals surface area contributed by atoms with Crippen molar-refractivity contribution in [3.05, 3.63) is 6.33 Å². The molecule has 0 atom stereocenters. The molecule has 1 aliphatic heterocycles. The molecule has 0 aromatic carbocycles. The van der Waals surface area contributed by atoms with Crippen LogP contribution in [0.1, 0.15) is 20.8 Å². The fraction of sp³-hybridized carbons (Fsp3) is 0.692. The van der Waals surface area contributed by atoms with Gasteiger partial charge in [0.05, 0.1) is 6.61 Å². The maximum Gasteiger partial charge on any atom is 0.242 e. The Morgan fingerprint density at radius 3 is 2.53 bits per heavy atom. The van der Waals surface area contributed by atoms with E-state index in [-0.39, 0.29) is 0 Å². The van der Waals surface area contributed by atoms with Crippen LogP contribution in [0.4, 0.5) is 11.5 Å². The minimum atomic E-state index is 0.485. The highest BCUT2D eigenvalue weighted by atomic mass is 16.5. The average molecular weight is 265 g/mol. The molecule has 106 valence electrons. The first-order valence-corrected chi connectivity index (χ1v) is 6.85. The lowest BCUT2D eigenvalue weighted by Gasteiger charge is -2.37. The van der Waals surface area contributed by atoms with E-state index in [1.165, 1.54) is 6.33 Å². The summed E-state index contributed by atoms with van der Waals surface area (Å²) in [6.07, 6.45) is 1.52. The van der Waals surface area contributed by atoms with Crippen LogP contribution in [-0.2, 0) is 0 Å². The Hall–Kier alpha value is -1.56. The molecule has 0 radical (unpaired) electrons. The molecule has 0 aliphatic carbocycles. The van der Waals surface area contributed by atoms with Crippen molar-refractivity contribution in [2.75, 3.05) is 43.4 Å². The van der Waals surface area contributed by atoms with Crippen LogP contribution < -0.4 is 15.4 Å². The van der Waals surface area contributed by atoms with Crippen LogP contribution in [0.3, 0.4) is 0 Å². The summed E-state index contributed by atoms with van der Waals surface area (Å²) in [6, 6.07) is 0.587. The van der Waals surface area contributed by atoms with Crippen molar-refractivity contribution >= 4 is 11.5 Å². The molecule has 1 aromatic rings. The van der Waals surface area contributed by atoms with Crippen LogP contribution in [0.15, 0.2) is 6.33 Å². The number of nitrogen functional groups attached to an aromatic ring is 1. The van der Waals surface area contributed by atoms with Crippen molar-refractivity contribution in [1.29, 1.82) is 0 Å². The lowest BCUT2D eigenvalue weighted by atomic mass is 10.2. The number of nitrogens with zero attached hydrogens (tertiary/aromatic N) is 4. The summed E-state index contributed by atoms with van der Waals surface area (Å²) in [6.45, 7) is 10.9. The van der Waals surface area contributed by atoms with E-state index in [1.807, 2.05) is 6.92 Å². The molecule has 0 amide bonds. The molecule has 0 saturated carbocycles. The predicted octanol–water partition coefficient (Wildman–Crippen LogP) is 0.988. The fourth-order valence-corrected chi connectivity index (χ4v) is 2.32. The van der Waals surface area contributed by atoms with Gasteiger partial charge in [-0.15, -0.1) is 0 Å². The molecular weight excluding hydrogens is 242 g/mol. The molecule has 19 heavy (non-hydrogen) atoms. The second-order valence-corrected chi connectivity index (χ2v) is 4.97. The van der Waals surface area contributed by atoms with Gasteiger partial charge in [-0.1, -0.05) is 0 Å². The minimum absolute atomic E-state index is 0.485. The van der Waals surface area contributed by atoms with Crippen LogP contribution in [0.25, 0.3) is 0 Å². The average Bonchev–Trinajstić information content (AvgIpc) is 2.41. The van der Waals surface area contributed by atoms with E-state index in [4.69, 9.17) is 10.5 Å². The van der Waals surface area contributed by atoms with E-state index < -0.39 is 0 Å². The maximum absolute atomic E-state index is 6.09. The van der Waals surface area contributed by atoms with Crippen LogP contribution in [-0.4, -0.2) is 53.7 Å². The molecule has 1 aliphatic rings. The van der Waals surface area contributed by atoms with Gasteiger partial charge in [-0.3, -0.25) is 4.90 Å². The molecule has 0 bridgehead atoms. The van der Waals surface area contributed by atoms with Crippen molar-refractivity contribution in [3.63, 3.8) is 0 Å². The highest BCUT2D eigenvalue weighted by molar-refractivity contribution is 5.67. The Morgan fingerprint density at radius 1 is 1.26 bits per heavy atom. The molecule has 1 saturated heterocycles. The second-order valence-electron chi connectivity index (χ2n) is 4.97. The number of rotatable bonds is 4. The third-order valence-corrected chi connectivity index (χ3v) is 3.45. The first kappa shape index (κ1) is 13.9. The molecule has 1 aromatic heterocycles. The standard InChI is InChI=1S/C13H23N5O/c1-4-19-13-11(14)12(15-9-16-13)18-7-5-17(6-8-18)10(2)3/h9-10H,4-8,14H2,1-3H3. The summed E-state index contributed by atoms with van der Waals surface area (Å²) in [7, 11) is 0. The zero-order valence-electron chi connectivity index (χ0n) is 12.0. The smallest absolute Gasteiger partial charge is 0.242 e. The molecule has 6 nitrogen and oxygen atoms in total. The number of nitrogens with two attached hydrogens (primary N) is 1. The van der Waals surface area contributed by atoms with Gasteiger partial charge in [-0.2, -0.15) is 4.98 Å². The van der Waals surface area contributed by atoms with E-state index >= 15 is 0 Å². The van der Waals surface area contributed by atoms with Crippen molar-refractivity contribution in [2.24, 2.45) is 0 Å². The molecule has 0 spiro atoms. The van der Waals surface area contributed by atoms with Crippen molar-refractivity contribution in [3.8, 4) is 5.88 Å². The van der Waals surface area contributed by atoms with Gasteiger partial charge in [0.25, 0.3) is 0 Å². The number of piperazine rings is 1. The van der Waals surface area contributed by atoms with Crippen LogP contribution in [0.2, 0.25) is 0 Å². The SMILES string of the molecule is CCOc1ncnc(N2CCN(C(C)C)CC2)c1N. The largest absolute Gasteiger partial charge is 0.476 e. The van der Waals surface area contributed by atoms with Crippen molar-refractivity contribution < 1.29 is 4.74 Å².